The summed E-state index contributed by atoms with van der Waals surface area (Å²) in [5.41, 5.74) is 10.2. The van der Waals surface area contributed by atoms with Gasteiger partial charge in [-0.3, -0.25) is 4.79 Å². The minimum Gasteiger partial charge on any atom is -0.382 e. The number of imidazole rings is 1. The van der Waals surface area contributed by atoms with Crippen LogP contribution in [0, 0.1) is 0 Å². The van der Waals surface area contributed by atoms with Crippen molar-refractivity contribution in [3.05, 3.63) is 29.6 Å². The average molecular weight is 454 g/mol. The SMILES string of the molecule is CCCCc1nc2c([nH]1)c(N)nc1cc(CCCCCN(C)CCOCCC(C)=O)ccc12. The number of rotatable bonds is 15. The normalized spacial score (nSPS) is 11.8. The van der Waals surface area contributed by atoms with Crippen LogP contribution in [-0.4, -0.2) is 59.0 Å². The molecule has 0 saturated carbocycles. The van der Waals surface area contributed by atoms with Crippen molar-refractivity contribution in [3.63, 3.8) is 0 Å². The molecule has 0 atom stereocenters. The summed E-state index contributed by atoms with van der Waals surface area (Å²) in [6.07, 6.45) is 8.23. The van der Waals surface area contributed by atoms with Crippen molar-refractivity contribution in [2.75, 3.05) is 39.1 Å². The number of H-pyrrole nitrogens is 1. The number of nitrogen functional groups attached to an aromatic ring is 1. The summed E-state index contributed by atoms with van der Waals surface area (Å²) in [4.78, 5) is 26.0. The van der Waals surface area contributed by atoms with E-state index >= 15 is 0 Å². The number of fused-ring (bicyclic) bond motifs is 3. The predicted octanol–water partition coefficient (Wildman–Crippen LogP) is 4.68. The smallest absolute Gasteiger partial charge is 0.150 e. The molecule has 3 aromatic rings. The predicted molar refractivity (Wildman–Crippen MR) is 136 cm³/mol. The van der Waals surface area contributed by atoms with Crippen LogP contribution in [0.25, 0.3) is 21.9 Å². The number of aromatic nitrogens is 3. The van der Waals surface area contributed by atoms with E-state index in [1.807, 2.05) is 0 Å². The first-order chi connectivity index (χ1) is 16.0. The van der Waals surface area contributed by atoms with Gasteiger partial charge in [0.2, 0.25) is 0 Å². The Labute approximate surface area is 197 Å². The molecule has 0 amide bonds. The number of anilines is 1. The molecule has 2 heterocycles. The minimum absolute atomic E-state index is 0.181. The second-order valence-electron chi connectivity index (χ2n) is 9.04. The number of likely N-dealkylation sites (N-methyl/N-ethyl adjacent to an activating group) is 1. The Hall–Kier alpha value is -2.51. The van der Waals surface area contributed by atoms with Gasteiger partial charge < -0.3 is 20.4 Å². The molecule has 0 spiro atoms. The number of carbonyl (C=O) groups excluding carboxylic acids is 1. The van der Waals surface area contributed by atoms with Gasteiger partial charge in [0.05, 0.1) is 18.7 Å². The molecular formula is C26H39N5O2. The minimum atomic E-state index is 0.181. The molecule has 180 valence electrons. The topological polar surface area (TPSA) is 97.1 Å². The lowest BCUT2D eigenvalue weighted by molar-refractivity contribution is -0.118. The molecule has 1 aromatic carbocycles. The number of ketones is 1. The van der Waals surface area contributed by atoms with Crippen LogP contribution >= 0.6 is 0 Å². The van der Waals surface area contributed by atoms with E-state index < -0.39 is 0 Å². The van der Waals surface area contributed by atoms with Crippen LogP contribution in [0.15, 0.2) is 18.2 Å². The summed E-state index contributed by atoms with van der Waals surface area (Å²) in [6.45, 7) is 6.95. The average Bonchev–Trinajstić information content (AvgIpc) is 3.22. The van der Waals surface area contributed by atoms with Crippen LogP contribution in [-0.2, 0) is 22.4 Å². The monoisotopic (exact) mass is 453 g/mol. The molecule has 0 aliphatic heterocycles. The van der Waals surface area contributed by atoms with Gasteiger partial charge >= 0.3 is 0 Å². The number of benzene rings is 1. The number of aryl methyl sites for hydroxylation is 2. The number of pyridine rings is 1. The van der Waals surface area contributed by atoms with Gasteiger partial charge in [-0.15, -0.1) is 0 Å². The number of hydrogen-bond donors (Lipinski definition) is 2. The molecule has 0 fully saturated rings. The number of hydrogen-bond acceptors (Lipinski definition) is 6. The van der Waals surface area contributed by atoms with E-state index in [1.165, 1.54) is 12.0 Å². The second-order valence-corrected chi connectivity index (χ2v) is 9.04. The lowest BCUT2D eigenvalue weighted by Gasteiger charge is -2.16. The third-order valence-electron chi connectivity index (χ3n) is 6.06. The van der Waals surface area contributed by atoms with Crippen LogP contribution in [0.2, 0.25) is 0 Å². The summed E-state index contributed by atoms with van der Waals surface area (Å²) in [6, 6.07) is 6.50. The van der Waals surface area contributed by atoms with Crippen LogP contribution < -0.4 is 5.73 Å². The number of nitrogens with zero attached hydrogens (tertiary/aromatic N) is 3. The highest BCUT2D eigenvalue weighted by atomic mass is 16.5. The molecular weight excluding hydrogens is 414 g/mol. The van der Waals surface area contributed by atoms with Crippen molar-refractivity contribution in [1.82, 2.24) is 19.9 Å². The maximum absolute atomic E-state index is 10.9. The van der Waals surface area contributed by atoms with Gasteiger partial charge in [-0.25, -0.2) is 9.97 Å². The molecule has 0 saturated heterocycles. The molecule has 0 aliphatic carbocycles. The number of carbonyl (C=O) groups is 1. The van der Waals surface area contributed by atoms with Crippen LogP contribution in [0.5, 0.6) is 0 Å². The van der Waals surface area contributed by atoms with Crippen LogP contribution in [0.4, 0.5) is 5.82 Å². The Morgan fingerprint density at radius 2 is 1.94 bits per heavy atom. The van der Waals surface area contributed by atoms with Crippen molar-refractivity contribution >= 4 is 33.5 Å². The largest absolute Gasteiger partial charge is 0.382 e. The molecule has 3 rings (SSSR count). The number of nitrogens with one attached hydrogen (secondary N) is 1. The summed E-state index contributed by atoms with van der Waals surface area (Å²) in [5.74, 6) is 1.70. The quantitative estimate of drug-likeness (QED) is 0.324. The Kier molecular flexibility index (Phi) is 9.63. The fourth-order valence-corrected chi connectivity index (χ4v) is 4.01. The van der Waals surface area contributed by atoms with Crippen molar-refractivity contribution in [2.24, 2.45) is 0 Å². The zero-order valence-corrected chi connectivity index (χ0v) is 20.5. The van der Waals surface area contributed by atoms with E-state index in [1.54, 1.807) is 6.92 Å². The third kappa shape index (κ3) is 7.51. The number of Topliss-reactive ketones (excluding diaryl/α,β-unsaturated/α-hetero) is 1. The van der Waals surface area contributed by atoms with Gasteiger partial charge in [-0.2, -0.15) is 0 Å². The van der Waals surface area contributed by atoms with Crippen molar-refractivity contribution in [3.8, 4) is 0 Å². The fraction of sp³-hybridized carbons (Fsp3) is 0.577. The highest BCUT2D eigenvalue weighted by molar-refractivity contribution is 6.06. The maximum Gasteiger partial charge on any atom is 0.150 e. The fourth-order valence-electron chi connectivity index (χ4n) is 4.01. The van der Waals surface area contributed by atoms with Crippen LogP contribution in [0.3, 0.4) is 0 Å². The van der Waals surface area contributed by atoms with Crippen molar-refractivity contribution in [2.45, 2.75) is 65.2 Å². The van der Waals surface area contributed by atoms with Gasteiger partial charge in [0.15, 0.2) is 0 Å². The van der Waals surface area contributed by atoms with Gasteiger partial charge in [0.1, 0.15) is 28.5 Å². The van der Waals surface area contributed by atoms with Crippen LogP contribution in [0.1, 0.15) is 63.8 Å². The first-order valence-corrected chi connectivity index (χ1v) is 12.3. The van der Waals surface area contributed by atoms with E-state index in [0.717, 1.165) is 79.4 Å². The Morgan fingerprint density at radius 3 is 2.73 bits per heavy atom. The molecule has 0 unspecified atom stereocenters. The van der Waals surface area contributed by atoms with Gasteiger partial charge in [-0.05, 0) is 57.8 Å². The highest BCUT2D eigenvalue weighted by Gasteiger charge is 2.12. The molecule has 3 N–H and O–H groups in total. The molecule has 0 aliphatic rings. The summed E-state index contributed by atoms with van der Waals surface area (Å²) < 4.78 is 5.51. The van der Waals surface area contributed by atoms with Gasteiger partial charge in [0, 0.05) is 24.8 Å². The van der Waals surface area contributed by atoms with Gasteiger partial charge in [0.25, 0.3) is 0 Å². The van der Waals surface area contributed by atoms with E-state index in [2.05, 4.69) is 47.0 Å². The first-order valence-electron chi connectivity index (χ1n) is 12.3. The molecule has 2 aromatic heterocycles. The van der Waals surface area contributed by atoms with Gasteiger partial charge in [-0.1, -0.05) is 31.9 Å². The van der Waals surface area contributed by atoms with Crippen molar-refractivity contribution < 1.29 is 9.53 Å². The second kappa shape index (κ2) is 12.7. The zero-order valence-electron chi connectivity index (χ0n) is 20.5. The lowest BCUT2D eigenvalue weighted by Crippen LogP contribution is -2.24. The van der Waals surface area contributed by atoms with E-state index in [4.69, 9.17) is 15.5 Å². The zero-order chi connectivity index (χ0) is 23.6. The maximum atomic E-state index is 10.9. The molecule has 0 bridgehead atoms. The molecule has 7 heteroatoms. The van der Waals surface area contributed by atoms with E-state index in [-0.39, 0.29) is 5.78 Å². The Balaban J connectivity index is 1.45. The molecule has 33 heavy (non-hydrogen) atoms. The molecule has 0 radical (unpaired) electrons. The number of unbranched alkanes of at least 4 members (excludes halogenated alkanes) is 3. The molecule has 7 nitrogen and oxygen atoms in total. The number of ether oxygens (including phenoxy) is 1. The summed E-state index contributed by atoms with van der Waals surface area (Å²) in [5, 5.41) is 1.06. The Bertz CT molecular complexity index is 1050. The summed E-state index contributed by atoms with van der Waals surface area (Å²) in [7, 11) is 2.12. The summed E-state index contributed by atoms with van der Waals surface area (Å²) >= 11 is 0. The Morgan fingerprint density at radius 1 is 1.09 bits per heavy atom. The first kappa shape index (κ1) is 25.1. The number of aromatic amines is 1. The van der Waals surface area contributed by atoms with E-state index in [9.17, 15) is 4.79 Å². The van der Waals surface area contributed by atoms with Crippen molar-refractivity contribution in [1.29, 1.82) is 0 Å². The van der Waals surface area contributed by atoms with E-state index in [0.29, 0.717) is 25.5 Å². The third-order valence-corrected chi connectivity index (χ3v) is 6.06. The lowest BCUT2D eigenvalue weighted by atomic mass is 10.0. The highest BCUT2D eigenvalue weighted by Crippen LogP contribution is 2.27. The standard InChI is InChI=1S/C26H39N5O2/c1-4-5-10-23-29-24-21-12-11-20(18-22(21)28-26(27)25(24)30-23)9-7-6-8-14-31(3)15-17-33-16-13-19(2)32/h11-12,18H,4-10,13-17H2,1-3H3,(H2,27,28)(H,29,30). The number of nitrogens with two attached hydrogens (primary N) is 1.